The normalized spacial score (nSPS) is 24.4. The van der Waals surface area contributed by atoms with Crippen LogP contribution in [0.5, 0.6) is 5.75 Å². The quantitative estimate of drug-likeness (QED) is 0.779. The summed E-state index contributed by atoms with van der Waals surface area (Å²) in [7, 11) is 1.56. The topological polar surface area (TPSA) is 51.2 Å². The highest BCUT2D eigenvalue weighted by molar-refractivity contribution is 6.01. The number of nitrogens with one attached hydrogen (secondary N) is 1. The van der Waals surface area contributed by atoms with Crippen LogP contribution in [0, 0.1) is 5.41 Å². The molecule has 1 fully saturated rings. The average Bonchev–Trinajstić information content (AvgIpc) is 2.76. The van der Waals surface area contributed by atoms with Gasteiger partial charge in [-0.2, -0.15) is 0 Å². The number of ketones is 1. The Morgan fingerprint density at radius 2 is 2.44 bits per heavy atom. The summed E-state index contributed by atoms with van der Waals surface area (Å²) in [6, 6.07) is 3.54. The zero-order valence-corrected chi connectivity index (χ0v) is 9.62. The van der Waals surface area contributed by atoms with Crippen molar-refractivity contribution >= 4 is 5.78 Å². The molecule has 4 nitrogen and oxygen atoms in total. The predicted octanol–water partition coefficient (Wildman–Crippen LogP) is 1.27. The lowest BCUT2D eigenvalue weighted by Gasteiger charge is -2.21. The molecule has 0 radical (unpaired) electrons. The Bertz CT molecular complexity index is 398. The van der Waals surface area contributed by atoms with Gasteiger partial charge in [0, 0.05) is 18.2 Å². The molecule has 0 aliphatic carbocycles. The number of aromatic nitrogens is 1. The molecule has 1 unspecified atom stereocenters. The van der Waals surface area contributed by atoms with Gasteiger partial charge in [-0.05, 0) is 25.1 Å². The number of hydrogen-bond acceptors (Lipinski definition) is 4. The van der Waals surface area contributed by atoms with Gasteiger partial charge < -0.3 is 10.1 Å². The van der Waals surface area contributed by atoms with Crippen LogP contribution in [0.1, 0.15) is 23.8 Å². The highest BCUT2D eigenvalue weighted by Gasteiger charge is 2.38. The van der Waals surface area contributed by atoms with Crippen LogP contribution in [-0.2, 0) is 0 Å². The van der Waals surface area contributed by atoms with Gasteiger partial charge in [-0.15, -0.1) is 0 Å². The number of pyridine rings is 1. The summed E-state index contributed by atoms with van der Waals surface area (Å²) in [5.74, 6) is 0.621. The predicted molar refractivity (Wildman–Crippen MR) is 60.7 cm³/mol. The van der Waals surface area contributed by atoms with Crippen LogP contribution in [-0.4, -0.2) is 31.0 Å². The fraction of sp³-hybridized carbons (Fsp3) is 0.500. The number of carbonyl (C=O) groups is 1. The minimum atomic E-state index is -0.346. The third-order valence-electron chi connectivity index (χ3n) is 3.12. The first-order valence-corrected chi connectivity index (χ1v) is 5.42. The highest BCUT2D eigenvalue weighted by Crippen LogP contribution is 2.31. The van der Waals surface area contributed by atoms with Crippen LogP contribution in [0.25, 0.3) is 0 Å². The molecule has 1 atom stereocenters. The minimum Gasteiger partial charge on any atom is -0.494 e. The fourth-order valence-electron chi connectivity index (χ4n) is 2.02. The molecule has 1 saturated heterocycles. The maximum atomic E-state index is 12.4. The smallest absolute Gasteiger partial charge is 0.192 e. The number of ether oxygens (including phenoxy) is 1. The Morgan fingerprint density at radius 3 is 3.06 bits per heavy atom. The summed E-state index contributed by atoms with van der Waals surface area (Å²) < 4.78 is 5.17. The van der Waals surface area contributed by atoms with Crippen LogP contribution in [0.15, 0.2) is 18.3 Å². The van der Waals surface area contributed by atoms with Crippen molar-refractivity contribution in [3.63, 3.8) is 0 Å². The first-order chi connectivity index (χ1) is 7.67. The molecule has 4 heteroatoms. The van der Waals surface area contributed by atoms with Crippen LogP contribution in [0.3, 0.4) is 0 Å². The third kappa shape index (κ3) is 1.80. The van der Waals surface area contributed by atoms with Gasteiger partial charge in [-0.25, -0.2) is 4.98 Å². The molecule has 1 aliphatic heterocycles. The lowest BCUT2D eigenvalue weighted by Crippen LogP contribution is -2.31. The lowest BCUT2D eigenvalue weighted by molar-refractivity contribution is 0.0830. The summed E-state index contributed by atoms with van der Waals surface area (Å²) in [5.41, 5.74) is 0.0953. The van der Waals surface area contributed by atoms with Gasteiger partial charge in [0.1, 0.15) is 11.4 Å². The van der Waals surface area contributed by atoms with E-state index in [-0.39, 0.29) is 11.2 Å². The summed E-state index contributed by atoms with van der Waals surface area (Å²) in [6.07, 6.45) is 2.48. The van der Waals surface area contributed by atoms with Crippen molar-refractivity contribution in [2.75, 3.05) is 20.2 Å². The molecular weight excluding hydrogens is 204 g/mol. The van der Waals surface area contributed by atoms with Gasteiger partial charge in [0.25, 0.3) is 0 Å². The first kappa shape index (κ1) is 11.1. The van der Waals surface area contributed by atoms with E-state index in [1.54, 1.807) is 25.4 Å². The third-order valence-corrected chi connectivity index (χ3v) is 3.12. The molecule has 2 heterocycles. The van der Waals surface area contributed by atoms with E-state index in [1.807, 2.05) is 6.92 Å². The maximum Gasteiger partial charge on any atom is 0.192 e. The number of methoxy groups -OCH3 is 1. The summed E-state index contributed by atoms with van der Waals surface area (Å²) in [6.45, 7) is 3.58. The minimum absolute atomic E-state index is 0.0648. The average molecular weight is 220 g/mol. The second-order valence-corrected chi connectivity index (χ2v) is 4.37. The van der Waals surface area contributed by atoms with E-state index in [0.717, 1.165) is 13.0 Å². The van der Waals surface area contributed by atoms with Crippen LogP contribution in [0.4, 0.5) is 0 Å². The van der Waals surface area contributed by atoms with E-state index < -0.39 is 0 Å². The number of hydrogen-bond donors (Lipinski definition) is 1. The lowest BCUT2D eigenvalue weighted by atomic mass is 9.83. The number of Topliss-reactive ketones (excluding diaryl/α,β-unsaturated/α-hetero) is 1. The van der Waals surface area contributed by atoms with Crippen LogP contribution >= 0.6 is 0 Å². The molecule has 1 N–H and O–H groups in total. The molecule has 1 aliphatic rings. The van der Waals surface area contributed by atoms with Crippen molar-refractivity contribution in [3.8, 4) is 5.75 Å². The van der Waals surface area contributed by atoms with Crippen molar-refractivity contribution in [3.05, 3.63) is 24.0 Å². The Kier molecular flexibility index (Phi) is 2.92. The van der Waals surface area contributed by atoms with Gasteiger partial charge in [0.2, 0.25) is 0 Å². The molecule has 0 bridgehead atoms. The number of rotatable bonds is 3. The maximum absolute atomic E-state index is 12.4. The molecule has 0 aromatic carbocycles. The van der Waals surface area contributed by atoms with E-state index >= 15 is 0 Å². The molecule has 0 amide bonds. The largest absolute Gasteiger partial charge is 0.494 e. The van der Waals surface area contributed by atoms with Crippen molar-refractivity contribution in [2.24, 2.45) is 5.41 Å². The van der Waals surface area contributed by atoms with Gasteiger partial charge in [-0.3, -0.25) is 4.79 Å². The fourth-order valence-corrected chi connectivity index (χ4v) is 2.02. The SMILES string of the molecule is COc1cccnc1C(=O)C1(C)CCNC1. The number of nitrogens with zero attached hydrogens (tertiary/aromatic N) is 1. The summed E-state index contributed by atoms with van der Waals surface area (Å²) in [5, 5.41) is 3.21. The molecule has 0 spiro atoms. The molecule has 86 valence electrons. The standard InChI is InChI=1S/C12H16N2O2/c1-12(5-7-13-8-12)11(15)10-9(16-2)4-3-6-14-10/h3-4,6,13H,5,7-8H2,1-2H3. The first-order valence-electron chi connectivity index (χ1n) is 5.42. The van der Waals surface area contributed by atoms with Crippen LogP contribution < -0.4 is 10.1 Å². The molecule has 16 heavy (non-hydrogen) atoms. The second kappa shape index (κ2) is 4.22. The van der Waals surface area contributed by atoms with Crippen molar-refractivity contribution in [1.29, 1.82) is 0 Å². The van der Waals surface area contributed by atoms with E-state index in [4.69, 9.17) is 4.74 Å². The monoisotopic (exact) mass is 220 g/mol. The van der Waals surface area contributed by atoms with E-state index in [9.17, 15) is 4.79 Å². The zero-order valence-electron chi connectivity index (χ0n) is 9.62. The van der Waals surface area contributed by atoms with Crippen molar-refractivity contribution in [1.82, 2.24) is 10.3 Å². The van der Waals surface area contributed by atoms with E-state index in [1.165, 1.54) is 0 Å². The highest BCUT2D eigenvalue weighted by atomic mass is 16.5. The Hall–Kier alpha value is -1.42. The van der Waals surface area contributed by atoms with Crippen LogP contribution in [0.2, 0.25) is 0 Å². The van der Waals surface area contributed by atoms with E-state index in [2.05, 4.69) is 10.3 Å². The zero-order chi connectivity index (χ0) is 11.6. The summed E-state index contributed by atoms with van der Waals surface area (Å²) in [4.78, 5) is 16.5. The molecule has 2 rings (SSSR count). The molecule has 1 aromatic rings. The Balaban J connectivity index is 2.33. The Labute approximate surface area is 95.0 Å². The molecular formula is C12H16N2O2. The number of carbonyl (C=O) groups excluding carboxylic acids is 1. The molecule has 1 aromatic heterocycles. The van der Waals surface area contributed by atoms with Gasteiger partial charge in [-0.1, -0.05) is 6.92 Å². The van der Waals surface area contributed by atoms with Gasteiger partial charge in [0.15, 0.2) is 5.78 Å². The Morgan fingerprint density at radius 1 is 1.62 bits per heavy atom. The second-order valence-electron chi connectivity index (χ2n) is 4.37. The van der Waals surface area contributed by atoms with Crippen molar-refractivity contribution in [2.45, 2.75) is 13.3 Å². The van der Waals surface area contributed by atoms with Crippen molar-refractivity contribution < 1.29 is 9.53 Å². The van der Waals surface area contributed by atoms with E-state index in [0.29, 0.717) is 18.0 Å². The summed E-state index contributed by atoms with van der Waals surface area (Å²) >= 11 is 0. The molecule has 0 saturated carbocycles. The van der Waals surface area contributed by atoms with Gasteiger partial charge in [0.05, 0.1) is 7.11 Å². The van der Waals surface area contributed by atoms with Gasteiger partial charge >= 0.3 is 0 Å².